The molecule has 0 radical (unpaired) electrons. The number of urea groups is 1. The largest absolute Gasteiger partial charge is 0.526 e. The van der Waals surface area contributed by atoms with Crippen LogP contribution in [0.1, 0.15) is 31.3 Å². The van der Waals surface area contributed by atoms with Crippen molar-refractivity contribution in [2.45, 2.75) is 36.4 Å². The van der Waals surface area contributed by atoms with Crippen molar-refractivity contribution in [2.75, 3.05) is 6.26 Å². The van der Waals surface area contributed by atoms with Crippen molar-refractivity contribution in [3.63, 3.8) is 0 Å². The first-order valence-electron chi connectivity index (χ1n) is 8.88. The van der Waals surface area contributed by atoms with Gasteiger partial charge < -0.3 is 5.11 Å². The van der Waals surface area contributed by atoms with E-state index < -0.39 is 17.0 Å². The van der Waals surface area contributed by atoms with Crippen LogP contribution < -0.4 is 5.48 Å². The van der Waals surface area contributed by atoms with Crippen molar-refractivity contribution in [1.82, 2.24) is 10.5 Å². The molecule has 3 rings (SSSR count). The summed E-state index contributed by atoms with van der Waals surface area (Å²) in [5.41, 5.74) is 1.98. The number of aromatic hydroxyl groups is 1. The first kappa shape index (κ1) is 21.9. The second-order valence-corrected chi connectivity index (χ2v) is 10.7. The summed E-state index contributed by atoms with van der Waals surface area (Å²) >= 11 is 4.68. The molecule has 0 aliphatic carbocycles. The molecular formula is C20H24N3O3S3+. The van der Waals surface area contributed by atoms with Gasteiger partial charge in [0.15, 0.2) is 5.03 Å². The van der Waals surface area contributed by atoms with Crippen molar-refractivity contribution >= 4 is 47.6 Å². The first-order valence-corrected chi connectivity index (χ1v) is 11.9. The summed E-state index contributed by atoms with van der Waals surface area (Å²) in [4.78, 5) is 22.5. The molecule has 154 valence electrons. The number of thiazole rings is 1. The summed E-state index contributed by atoms with van der Waals surface area (Å²) < 4.78 is 1.24. The van der Waals surface area contributed by atoms with Crippen molar-refractivity contribution < 1.29 is 19.3 Å². The number of carbonyl (C=O) groups is 1. The van der Waals surface area contributed by atoms with Gasteiger partial charge in [-0.05, 0) is 39.2 Å². The third kappa shape index (κ3) is 4.37. The second kappa shape index (κ2) is 8.51. The van der Waals surface area contributed by atoms with E-state index in [0.717, 1.165) is 10.6 Å². The number of nitrogens with one attached hydrogen (secondary N) is 1. The Kier molecular flexibility index (Phi) is 6.42. The molecule has 2 aromatic rings. The van der Waals surface area contributed by atoms with Gasteiger partial charge in [-0.3, -0.25) is 0 Å². The van der Waals surface area contributed by atoms with Gasteiger partial charge in [0.2, 0.25) is 0 Å². The number of allylic oxidation sites excluding steroid dienone is 1. The standard InChI is InChI=1S/C20H23N3O3S3/c1-19(2,3)26-22-18(25)23(4)15-12-20(17(27-5)29-15,16-21-10-11-28-16)13-8-6-7-9-14(13)24/h6-12,17H,4H2,1-3,5H3,(H-,22,24,25)/p+1. The van der Waals surface area contributed by atoms with Gasteiger partial charge in [0.25, 0.3) is 0 Å². The zero-order valence-electron chi connectivity index (χ0n) is 16.7. The van der Waals surface area contributed by atoms with E-state index in [4.69, 9.17) is 4.84 Å². The van der Waals surface area contributed by atoms with E-state index in [1.807, 2.05) is 50.6 Å². The van der Waals surface area contributed by atoms with Gasteiger partial charge in [-0.2, -0.15) is 14.2 Å². The van der Waals surface area contributed by atoms with E-state index in [-0.39, 0.29) is 10.3 Å². The van der Waals surface area contributed by atoms with E-state index >= 15 is 0 Å². The topological polar surface area (TPSA) is 74.5 Å². The number of rotatable bonds is 5. The number of aromatic nitrogens is 1. The van der Waals surface area contributed by atoms with Gasteiger partial charge in [-0.25, -0.2) is 4.98 Å². The van der Waals surface area contributed by atoms with Crippen LogP contribution in [0.2, 0.25) is 0 Å². The molecule has 9 heteroatoms. The van der Waals surface area contributed by atoms with Crippen LogP contribution in [-0.4, -0.2) is 43.9 Å². The molecule has 2 heterocycles. The number of nitrogens with zero attached hydrogens (tertiary/aromatic N) is 2. The molecule has 2 unspecified atom stereocenters. The maximum atomic E-state index is 12.6. The smallest absolute Gasteiger partial charge is 0.508 e. The quantitative estimate of drug-likeness (QED) is 0.395. The van der Waals surface area contributed by atoms with Crippen LogP contribution in [0.3, 0.4) is 0 Å². The van der Waals surface area contributed by atoms with Crippen molar-refractivity contribution in [3.8, 4) is 5.75 Å². The molecule has 0 fully saturated rings. The van der Waals surface area contributed by atoms with Crippen LogP contribution in [0.4, 0.5) is 4.79 Å². The van der Waals surface area contributed by atoms with E-state index in [0.29, 0.717) is 5.03 Å². The number of hydrogen-bond donors (Lipinski definition) is 2. The average Bonchev–Trinajstić information content (AvgIpc) is 3.33. The van der Waals surface area contributed by atoms with E-state index in [2.05, 4.69) is 17.2 Å². The number of para-hydroxylation sites is 1. The zero-order chi connectivity index (χ0) is 21.2. The fourth-order valence-electron chi connectivity index (χ4n) is 2.96. The Morgan fingerprint density at radius 3 is 2.72 bits per heavy atom. The normalized spacial score (nSPS) is 21.7. The molecule has 1 aromatic heterocycles. The van der Waals surface area contributed by atoms with Gasteiger partial charge >= 0.3 is 6.03 Å². The zero-order valence-corrected chi connectivity index (χ0v) is 19.2. The molecule has 29 heavy (non-hydrogen) atoms. The fourth-order valence-corrected chi connectivity index (χ4v) is 6.50. The molecule has 0 bridgehead atoms. The van der Waals surface area contributed by atoms with Gasteiger partial charge in [0, 0.05) is 17.1 Å². The van der Waals surface area contributed by atoms with E-state index in [1.54, 1.807) is 30.1 Å². The fraction of sp³-hybridized carbons (Fsp3) is 0.350. The number of phenolic OH excluding ortho intramolecular Hbond substituents is 1. The van der Waals surface area contributed by atoms with Crippen molar-refractivity contribution in [1.29, 1.82) is 0 Å². The minimum Gasteiger partial charge on any atom is -0.508 e. The molecule has 1 aliphatic heterocycles. The number of phenols is 1. The summed E-state index contributed by atoms with van der Waals surface area (Å²) in [5.74, 6) is 0.191. The van der Waals surface area contributed by atoms with Gasteiger partial charge in [0.05, 0.1) is 16.7 Å². The van der Waals surface area contributed by atoms with Gasteiger partial charge in [0.1, 0.15) is 16.4 Å². The number of benzene rings is 1. The summed E-state index contributed by atoms with van der Waals surface area (Å²) in [6.07, 6.45) is 5.73. The van der Waals surface area contributed by atoms with Gasteiger partial charge in [-0.1, -0.05) is 35.4 Å². The van der Waals surface area contributed by atoms with Crippen LogP contribution in [-0.2, 0) is 10.3 Å². The van der Waals surface area contributed by atoms with E-state index in [9.17, 15) is 9.90 Å². The summed E-state index contributed by atoms with van der Waals surface area (Å²) in [5, 5.41) is 14.1. The molecule has 2 N–H and O–H groups in total. The van der Waals surface area contributed by atoms with Crippen LogP contribution in [0.25, 0.3) is 0 Å². The number of thioether (sulfide) groups is 2. The van der Waals surface area contributed by atoms with Crippen LogP contribution in [0.15, 0.2) is 46.9 Å². The minimum atomic E-state index is -0.694. The monoisotopic (exact) mass is 450 g/mol. The second-order valence-electron chi connectivity index (χ2n) is 7.44. The van der Waals surface area contributed by atoms with Crippen molar-refractivity contribution in [2.24, 2.45) is 0 Å². The third-order valence-corrected chi connectivity index (χ3v) is 8.01. The molecule has 1 aromatic carbocycles. The summed E-state index contributed by atoms with van der Waals surface area (Å²) in [6.45, 7) is 9.46. The highest BCUT2D eigenvalue weighted by Crippen LogP contribution is 2.56. The Morgan fingerprint density at radius 1 is 1.41 bits per heavy atom. The lowest BCUT2D eigenvalue weighted by molar-refractivity contribution is -0.358. The minimum absolute atomic E-state index is 0.0439. The summed E-state index contributed by atoms with van der Waals surface area (Å²) in [6, 6.07) is 6.79. The number of hydroxylamine groups is 1. The predicted molar refractivity (Wildman–Crippen MR) is 121 cm³/mol. The van der Waals surface area contributed by atoms with E-state index in [1.165, 1.54) is 27.7 Å². The first-order chi connectivity index (χ1) is 13.7. The van der Waals surface area contributed by atoms with Crippen molar-refractivity contribution in [3.05, 3.63) is 57.5 Å². The number of amides is 2. The average molecular weight is 451 g/mol. The predicted octanol–water partition coefficient (Wildman–Crippen LogP) is 4.56. The highest BCUT2D eigenvalue weighted by molar-refractivity contribution is 8.18. The number of hydrogen-bond acceptors (Lipinski definition) is 7. The molecule has 6 nitrogen and oxygen atoms in total. The molecule has 1 aliphatic rings. The third-order valence-electron chi connectivity index (χ3n) is 4.26. The lowest BCUT2D eigenvalue weighted by Gasteiger charge is -2.31. The maximum Gasteiger partial charge on any atom is 0.526 e. The van der Waals surface area contributed by atoms with Crippen LogP contribution in [0, 0.1) is 0 Å². The molecule has 0 saturated carbocycles. The highest BCUT2D eigenvalue weighted by atomic mass is 32.2. The Hall–Kier alpha value is -1.81. The lowest BCUT2D eigenvalue weighted by atomic mass is 9.82. The Balaban J connectivity index is 2.04. The number of carbonyl (C=O) groups excluding carboxylic acids is 1. The Morgan fingerprint density at radius 2 is 2.14 bits per heavy atom. The SMILES string of the molecule is C=[N+](C(=O)NOC(C)(C)C)C1=CC(c2nccs2)(c2ccccc2O)C(SC)S1. The lowest BCUT2D eigenvalue weighted by Crippen LogP contribution is -2.37. The van der Waals surface area contributed by atoms with Crippen LogP contribution in [0.5, 0.6) is 5.75 Å². The Labute approximate surface area is 183 Å². The molecular weight excluding hydrogens is 426 g/mol. The molecule has 2 amide bonds. The Bertz CT molecular complexity index is 938. The summed E-state index contributed by atoms with van der Waals surface area (Å²) in [7, 11) is 0. The maximum absolute atomic E-state index is 12.6. The van der Waals surface area contributed by atoms with Crippen LogP contribution >= 0.6 is 34.9 Å². The van der Waals surface area contributed by atoms with Gasteiger partial charge in [-0.15, -0.1) is 23.1 Å². The molecule has 2 atom stereocenters. The molecule has 0 saturated heterocycles. The molecule has 0 spiro atoms. The highest BCUT2D eigenvalue weighted by Gasteiger charge is 2.51.